The topological polar surface area (TPSA) is 172 Å². The number of aromatic nitrogens is 2. The van der Waals surface area contributed by atoms with Crippen molar-refractivity contribution in [3.8, 4) is 11.3 Å². The number of ether oxygens (including phenoxy) is 2. The molecule has 0 saturated heterocycles. The van der Waals surface area contributed by atoms with Crippen LogP contribution in [-0.2, 0) is 42.4 Å². The number of imidazole rings is 1. The van der Waals surface area contributed by atoms with Gasteiger partial charge in [-0.2, -0.15) is 52.7 Å². The lowest BCUT2D eigenvalue weighted by atomic mass is 10.2. The molecule has 0 amide bonds. The molecule has 0 saturated carbocycles. The minimum atomic E-state index is -4.95. The predicted octanol–water partition coefficient (Wildman–Crippen LogP) is 8.77. The van der Waals surface area contributed by atoms with Crippen LogP contribution in [0.1, 0.15) is 58.3 Å². The van der Waals surface area contributed by atoms with Crippen molar-refractivity contribution < 1.29 is 99.4 Å². The molecule has 0 fully saturated rings. The van der Waals surface area contributed by atoms with Crippen LogP contribution >= 0.6 is 11.6 Å². The van der Waals surface area contributed by atoms with Crippen molar-refractivity contribution in [1.29, 1.82) is 0 Å². The van der Waals surface area contributed by atoms with Crippen LogP contribution in [0.4, 0.5) is 52.7 Å². The predicted molar refractivity (Wildman–Crippen MR) is 159 cm³/mol. The Hall–Kier alpha value is -5.55. The maximum atomic E-state index is 12.3. The molecule has 306 valence electrons. The van der Waals surface area contributed by atoms with Gasteiger partial charge in [0.25, 0.3) is 0 Å². The maximum Gasteiger partial charge on any atom is 0.450 e. The molecule has 25 heteroatoms. The third kappa shape index (κ3) is 17.9. The number of nitrogens with one attached hydrogen (secondary N) is 1. The molecule has 4 heterocycles. The van der Waals surface area contributed by atoms with Crippen molar-refractivity contribution in [1.82, 2.24) is 9.97 Å². The van der Waals surface area contributed by atoms with Gasteiger partial charge in [-0.25, -0.2) is 9.78 Å². The van der Waals surface area contributed by atoms with Crippen LogP contribution in [0.3, 0.4) is 0 Å². The highest BCUT2D eigenvalue weighted by Gasteiger charge is 2.41. The van der Waals surface area contributed by atoms with E-state index in [0.717, 1.165) is 30.9 Å². The van der Waals surface area contributed by atoms with Gasteiger partial charge in [0.2, 0.25) is 23.1 Å². The van der Waals surface area contributed by atoms with Gasteiger partial charge in [0.05, 0.1) is 67.2 Å². The van der Waals surface area contributed by atoms with E-state index in [4.69, 9.17) is 16.4 Å². The number of Topliss-reactive ketones (excluding diaryl/α,β-unsaturated/α-hetero) is 1. The number of nitrogens with zero attached hydrogens (tertiary/aromatic N) is 1. The molecule has 0 spiro atoms. The fourth-order valence-corrected chi connectivity index (χ4v) is 3.13. The van der Waals surface area contributed by atoms with Crippen molar-refractivity contribution in [2.75, 3.05) is 19.1 Å². The van der Waals surface area contributed by atoms with Crippen LogP contribution < -0.4 is 0 Å². The fourth-order valence-electron chi connectivity index (χ4n) is 3.13. The van der Waals surface area contributed by atoms with E-state index < -0.39 is 77.3 Å². The van der Waals surface area contributed by atoms with Crippen LogP contribution in [0, 0.1) is 0 Å². The SMILES string of the molecule is CCOC(=O)CC(=O)C(F)(F)F.CCOC(=O)c1ccoc1C(F)(F)F.FC(F)(F)c1occc1-c1cnc[nH]1.O=CCCl.O=Cc1ccoc1C(F)(F)F. The molecule has 0 aliphatic rings. The van der Waals surface area contributed by atoms with Gasteiger partial charge >= 0.3 is 36.6 Å². The summed E-state index contributed by atoms with van der Waals surface area (Å²) in [6, 6.07) is 3.15. The van der Waals surface area contributed by atoms with Crippen LogP contribution in [-0.4, -0.2) is 65.5 Å². The minimum absolute atomic E-state index is 0.0152. The number of aromatic amines is 1. The molecule has 0 radical (unpaired) electrons. The average Bonchev–Trinajstić information content (AvgIpc) is 3.91. The molecule has 0 bridgehead atoms. The minimum Gasteiger partial charge on any atom is -0.466 e. The normalized spacial score (nSPS) is 11.1. The Balaban J connectivity index is 0.000000687. The molecule has 0 aliphatic carbocycles. The zero-order chi connectivity index (χ0) is 42.6. The lowest BCUT2D eigenvalue weighted by Crippen LogP contribution is -2.26. The average molecular weight is 837 g/mol. The number of ketones is 1. The van der Waals surface area contributed by atoms with Crippen LogP contribution in [0.15, 0.2) is 62.8 Å². The Kier molecular flexibility index (Phi) is 20.3. The number of furan rings is 3. The zero-order valence-electron chi connectivity index (χ0n) is 27.5. The smallest absolute Gasteiger partial charge is 0.450 e. The lowest BCUT2D eigenvalue weighted by molar-refractivity contribution is -0.174. The summed E-state index contributed by atoms with van der Waals surface area (Å²) < 4.78 is 165. The van der Waals surface area contributed by atoms with Gasteiger partial charge in [0, 0.05) is 0 Å². The number of carbonyl (C=O) groups is 5. The highest BCUT2D eigenvalue weighted by molar-refractivity contribution is 6.24. The van der Waals surface area contributed by atoms with Gasteiger partial charge in [-0.05, 0) is 32.0 Å². The third-order valence-corrected chi connectivity index (χ3v) is 5.32. The van der Waals surface area contributed by atoms with E-state index in [9.17, 15) is 71.9 Å². The largest absolute Gasteiger partial charge is 0.466 e. The molecule has 4 aromatic rings. The van der Waals surface area contributed by atoms with E-state index in [2.05, 4.69) is 32.7 Å². The number of rotatable bonds is 8. The Morgan fingerprint density at radius 3 is 1.67 bits per heavy atom. The van der Waals surface area contributed by atoms with Gasteiger partial charge in [0.1, 0.15) is 18.3 Å². The second-order valence-electron chi connectivity index (χ2n) is 9.05. The molecule has 0 atom stereocenters. The molecule has 0 unspecified atom stereocenters. The van der Waals surface area contributed by atoms with Crippen molar-refractivity contribution in [3.63, 3.8) is 0 Å². The molecule has 0 aliphatic heterocycles. The van der Waals surface area contributed by atoms with E-state index in [1.807, 2.05) is 0 Å². The van der Waals surface area contributed by atoms with Crippen LogP contribution in [0.5, 0.6) is 0 Å². The fraction of sp³-hybridized carbons (Fsp3) is 0.333. The van der Waals surface area contributed by atoms with Gasteiger partial charge in [-0.3, -0.25) is 14.4 Å². The lowest BCUT2D eigenvalue weighted by Gasteiger charge is -2.05. The van der Waals surface area contributed by atoms with Gasteiger partial charge in [0.15, 0.2) is 6.29 Å². The highest BCUT2D eigenvalue weighted by Crippen LogP contribution is 2.37. The number of carbonyl (C=O) groups excluding carboxylic acids is 5. The number of alkyl halides is 13. The molecule has 0 aromatic carbocycles. The Labute approximate surface area is 304 Å². The molecule has 4 aromatic heterocycles. The van der Waals surface area contributed by atoms with Gasteiger partial charge in [-0.1, -0.05) is 0 Å². The monoisotopic (exact) mass is 836 g/mol. The number of H-pyrrole nitrogens is 1. The maximum absolute atomic E-state index is 12.3. The van der Waals surface area contributed by atoms with Crippen molar-refractivity contribution >= 4 is 41.9 Å². The van der Waals surface area contributed by atoms with Gasteiger partial charge < -0.3 is 32.5 Å². The van der Waals surface area contributed by atoms with Gasteiger partial charge in [-0.15, -0.1) is 11.6 Å². The standard InChI is InChI=1S/C8H5F3N2O.C8H7F3O3.C6H7F3O3.C6H3F3O2.C2H3ClO/c9-8(10,11)7-5(1-2-14-7)6-3-12-4-13-6;1-2-13-7(12)5-3-4-14-6(5)8(9,10)11;1-2-12-5(11)3-4(10)6(7,8)9;7-6(8,9)5-4(3-10)1-2-11-5;3-1-2-4/h1-4H,(H,12,13);3-4H,2H2,1H3;2-3H2,1H3;1-3H;2H,1H2. The molecule has 1 N–H and O–H groups in total. The number of hydrogen-bond donors (Lipinski definition) is 1. The molecular formula is C30H25ClF12N2O10. The first-order valence-electron chi connectivity index (χ1n) is 14.2. The number of hydrogen-bond acceptors (Lipinski definition) is 11. The number of esters is 2. The summed E-state index contributed by atoms with van der Waals surface area (Å²) in [7, 11) is 0. The second kappa shape index (κ2) is 22.6. The van der Waals surface area contributed by atoms with E-state index in [1.54, 1.807) is 0 Å². The van der Waals surface area contributed by atoms with Crippen molar-refractivity contribution in [3.05, 3.63) is 77.9 Å². The third-order valence-electron chi connectivity index (χ3n) is 5.20. The summed E-state index contributed by atoms with van der Waals surface area (Å²) >= 11 is 4.82. The van der Waals surface area contributed by atoms with E-state index in [-0.39, 0.29) is 36.6 Å². The highest BCUT2D eigenvalue weighted by atomic mass is 35.5. The Morgan fingerprint density at radius 1 is 0.764 bits per heavy atom. The zero-order valence-corrected chi connectivity index (χ0v) is 28.3. The number of halogens is 13. The summed E-state index contributed by atoms with van der Waals surface area (Å²) in [6.07, 6.45) is -13.9. The quantitative estimate of drug-likeness (QED) is 0.0591. The molecule has 55 heavy (non-hydrogen) atoms. The summed E-state index contributed by atoms with van der Waals surface area (Å²) in [5, 5.41) is 0. The molecule has 12 nitrogen and oxygen atoms in total. The van der Waals surface area contributed by atoms with Crippen LogP contribution in [0.2, 0.25) is 0 Å². The summed E-state index contributed by atoms with van der Waals surface area (Å²) in [5.41, 5.74) is -0.821. The first kappa shape index (κ1) is 49.5. The van der Waals surface area contributed by atoms with E-state index >= 15 is 0 Å². The summed E-state index contributed by atoms with van der Waals surface area (Å²) in [4.78, 5) is 56.7. The second-order valence-corrected chi connectivity index (χ2v) is 9.36. The van der Waals surface area contributed by atoms with Crippen molar-refractivity contribution in [2.45, 2.75) is 45.0 Å². The summed E-state index contributed by atoms with van der Waals surface area (Å²) in [6.45, 7) is 2.92. The first-order valence-corrected chi connectivity index (χ1v) is 14.7. The molecular weight excluding hydrogens is 812 g/mol. The van der Waals surface area contributed by atoms with Crippen molar-refractivity contribution in [2.24, 2.45) is 0 Å². The van der Waals surface area contributed by atoms with Crippen LogP contribution in [0.25, 0.3) is 11.3 Å². The molecule has 4 rings (SSSR count). The van der Waals surface area contributed by atoms with E-state index in [1.165, 1.54) is 32.4 Å². The van der Waals surface area contributed by atoms with E-state index in [0.29, 0.717) is 6.29 Å². The first-order chi connectivity index (χ1) is 25.4. The number of aldehydes is 2. The summed E-state index contributed by atoms with van der Waals surface area (Å²) in [5.74, 6) is -7.74. The Morgan fingerprint density at radius 2 is 1.25 bits per heavy atom. The Bertz CT molecular complexity index is 1750.